The summed E-state index contributed by atoms with van der Waals surface area (Å²) in [5, 5.41) is 0.724. The van der Waals surface area contributed by atoms with Crippen molar-refractivity contribution in [1.29, 1.82) is 0 Å². The molecule has 0 spiro atoms. The summed E-state index contributed by atoms with van der Waals surface area (Å²) in [6.45, 7) is 4.30. The first-order valence-corrected chi connectivity index (χ1v) is 6.82. The normalized spacial score (nSPS) is 27.4. The maximum absolute atomic E-state index is 12.1. The van der Waals surface area contributed by atoms with E-state index in [1.54, 1.807) is 0 Å². The zero-order valence-corrected chi connectivity index (χ0v) is 12.1. The SMILES string of the molecule is CN.C[C@@H]1CC(=O)C(c2ccccc2Cl)[C@H](C)C1. The minimum Gasteiger partial charge on any atom is -0.333 e. The van der Waals surface area contributed by atoms with Crippen LogP contribution in [0.3, 0.4) is 0 Å². The van der Waals surface area contributed by atoms with Crippen LogP contribution in [0.15, 0.2) is 24.3 Å². The van der Waals surface area contributed by atoms with Gasteiger partial charge in [0.15, 0.2) is 0 Å². The van der Waals surface area contributed by atoms with E-state index in [0.29, 0.717) is 24.0 Å². The molecule has 1 aromatic rings. The summed E-state index contributed by atoms with van der Waals surface area (Å²) < 4.78 is 0. The first-order chi connectivity index (χ1) is 8.59. The van der Waals surface area contributed by atoms with Crippen molar-refractivity contribution in [3.05, 3.63) is 34.9 Å². The highest BCUT2D eigenvalue weighted by molar-refractivity contribution is 6.31. The Morgan fingerprint density at radius 1 is 1.22 bits per heavy atom. The van der Waals surface area contributed by atoms with Crippen LogP contribution in [0.4, 0.5) is 0 Å². The summed E-state index contributed by atoms with van der Waals surface area (Å²) >= 11 is 6.17. The number of halogens is 1. The standard InChI is InChI=1S/C14H17ClO.CH5N/c1-9-7-10(2)14(13(16)8-9)11-5-3-4-6-12(11)15;1-2/h3-6,9-10,14H,7-8H2,1-2H3;2H2,1H3/t9-,10+,14?;/m0./s1. The van der Waals surface area contributed by atoms with Crippen molar-refractivity contribution >= 4 is 17.4 Å². The van der Waals surface area contributed by atoms with Gasteiger partial charge in [0.2, 0.25) is 0 Å². The number of nitrogens with two attached hydrogens (primary N) is 1. The smallest absolute Gasteiger partial charge is 0.140 e. The van der Waals surface area contributed by atoms with Crippen LogP contribution in [-0.4, -0.2) is 12.8 Å². The molecule has 1 unspecified atom stereocenters. The van der Waals surface area contributed by atoms with Crippen LogP contribution in [0.2, 0.25) is 5.02 Å². The summed E-state index contributed by atoms with van der Waals surface area (Å²) in [7, 11) is 1.50. The Bertz CT molecular complexity index is 405. The quantitative estimate of drug-likeness (QED) is 0.844. The molecule has 1 aliphatic rings. The van der Waals surface area contributed by atoms with Crippen molar-refractivity contribution in [3.8, 4) is 0 Å². The molecular formula is C15H22ClNO. The van der Waals surface area contributed by atoms with E-state index in [9.17, 15) is 4.79 Å². The van der Waals surface area contributed by atoms with Crippen LogP contribution >= 0.6 is 11.6 Å². The predicted molar refractivity (Wildman–Crippen MR) is 76.9 cm³/mol. The molecule has 2 nitrogen and oxygen atoms in total. The van der Waals surface area contributed by atoms with E-state index in [-0.39, 0.29) is 5.92 Å². The molecule has 0 aromatic heterocycles. The Morgan fingerprint density at radius 2 is 1.83 bits per heavy atom. The summed E-state index contributed by atoms with van der Waals surface area (Å²) in [5.74, 6) is 1.27. The Morgan fingerprint density at radius 3 is 2.39 bits per heavy atom. The van der Waals surface area contributed by atoms with Crippen LogP contribution in [0.1, 0.15) is 38.2 Å². The Balaban J connectivity index is 0.000000771. The third-order valence-electron chi connectivity index (χ3n) is 3.48. The van der Waals surface area contributed by atoms with Crippen molar-refractivity contribution in [2.24, 2.45) is 17.6 Å². The fourth-order valence-corrected chi connectivity index (χ4v) is 3.10. The second-order valence-corrected chi connectivity index (χ2v) is 5.39. The molecule has 100 valence electrons. The number of rotatable bonds is 1. The Hall–Kier alpha value is -0.860. The number of Topliss-reactive ketones (excluding diaryl/α,β-unsaturated/α-hetero) is 1. The van der Waals surface area contributed by atoms with E-state index in [1.807, 2.05) is 24.3 Å². The fourth-order valence-electron chi connectivity index (χ4n) is 2.85. The molecule has 2 rings (SSSR count). The van der Waals surface area contributed by atoms with Crippen molar-refractivity contribution in [2.75, 3.05) is 7.05 Å². The first kappa shape index (κ1) is 15.2. The molecule has 1 aromatic carbocycles. The zero-order valence-electron chi connectivity index (χ0n) is 11.3. The minimum atomic E-state index is 0.00454. The third kappa shape index (κ3) is 3.33. The predicted octanol–water partition coefficient (Wildman–Crippen LogP) is 3.63. The molecule has 3 heteroatoms. The van der Waals surface area contributed by atoms with Gasteiger partial charge in [-0.1, -0.05) is 43.6 Å². The van der Waals surface area contributed by atoms with Gasteiger partial charge in [0.25, 0.3) is 0 Å². The number of hydrogen-bond acceptors (Lipinski definition) is 2. The van der Waals surface area contributed by atoms with Crippen LogP contribution < -0.4 is 5.73 Å². The number of carbonyl (C=O) groups excluding carboxylic acids is 1. The van der Waals surface area contributed by atoms with Gasteiger partial charge >= 0.3 is 0 Å². The highest BCUT2D eigenvalue weighted by atomic mass is 35.5. The molecule has 0 amide bonds. The van der Waals surface area contributed by atoms with Crippen molar-refractivity contribution in [2.45, 2.75) is 32.6 Å². The van der Waals surface area contributed by atoms with Gasteiger partial charge in [-0.3, -0.25) is 4.79 Å². The van der Waals surface area contributed by atoms with Gasteiger partial charge in [0.1, 0.15) is 5.78 Å². The topological polar surface area (TPSA) is 43.1 Å². The van der Waals surface area contributed by atoms with Crippen LogP contribution in [0, 0.1) is 11.8 Å². The highest BCUT2D eigenvalue weighted by Crippen LogP contribution is 2.39. The maximum Gasteiger partial charge on any atom is 0.140 e. The van der Waals surface area contributed by atoms with Crippen LogP contribution in [0.25, 0.3) is 0 Å². The molecule has 0 bridgehead atoms. The lowest BCUT2D eigenvalue weighted by Crippen LogP contribution is -2.29. The van der Waals surface area contributed by atoms with Gasteiger partial charge in [-0.25, -0.2) is 0 Å². The minimum absolute atomic E-state index is 0.00454. The monoisotopic (exact) mass is 267 g/mol. The van der Waals surface area contributed by atoms with E-state index in [2.05, 4.69) is 19.6 Å². The lowest BCUT2D eigenvalue weighted by molar-refractivity contribution is -0.124. The molecule has 1 fully saturated rings. The summed E-state index contributed by atoms with van der Waals surface area (Å²) in [6.07, 6.45) is 1.81. The van der Waals surface area contributed by atoms with E-state index in [1.165, 1.54) is 7.05 Å². The molecular weight excluding hydrogens is 246 g/mol. The van der Waals surface area contributed by atoms with E-state index in [4.69, 9.17) is 11.6 Å². The lowest BCUT2D eigenvalue weighted by atomic mass is 9.72. The number of carbonyl (C=O) groups is 1. The summed E-state index contributed by atoms with van der Waals surface area (Å²) in [6, 6.07) is 7.72. The fraction of sp³-hybridized carbons (Fsp3) is 0.533. The average molecular weight is 268 g/mol. The highest BCUT2D eigenvalue weighted by Gasteiger charge is 2.34. The number of benzene rings is 1. The van der Waals surface area contributed by atoms with Crippen molar-refractivity contribution < 1.29 is 4.79 Å². The maximum atomic E-state index is 12.1. The van der Waals surface area contributed by atoms with Gasteiger partial charge in [-0.15, -0.1) is 0 Å². The number of ketones is 1. The van der Waals surface area contributed by atoms with Crippen LogP contribution in [0.5, 0.6) is 0 Å². The van der Waals surface area contributed by atoms with Crippen molar-refractivity contribution in [1.82, 2.24) is 0 Å². The summed E-state index contributed by atoms with van der Waals surface area (Å²) in [5.41, 5.74) is 5.51. The van der Waals surface area contributed by atoms with Gasteiger partial charge in [-0.2, -0.15) is 0 Å². The molecule has 0 radical (unpaired) electrons. The van der Waals surface area contributed by atoms with Crippen molar-refractivity contribution in [3.63, 3.8) is 0 Å². The molecule has 18 heavy (non-hydrogen) atoms. The van der Waals surface area contributed by atoms with E-state index in [0.717, 1.165) is 17.0 Å². The number of hydrogen-bond donors (Lipinski definition) is 1. The van der Waals surface area contributed by atoms with Gasteiger partial charge in [0, 0.05) is 17.4 Å². The third-order valence-corrected chi connectivity index (χ3v) is 3.82. The van der Waals surface area contributed by atoms with Gasteiger partial charge in [-0.05, 0) is 36.9 Å². The molecule has 0 heterocycles. The Labute approximate surface area is 115 Å². The molecule has 0 saturated heterocycles. The van der Waals surface area contributed by atoms with Gasteiger partial charge in [0.05, 0.1) is 0 Å². The second-order valence-electron chi connectivity index (χ2n) is 4.99. The molecule has 2 N–H and O–H groups in total. The van der Waals surface area contributed by atoms with E-state index >= 15 is 0 Å². The summed E-state index contributed by atoms with van der Waals surface area (Å²) in [4.78, 5) is 12.1. The zero-order chi connectivity index (χ0) is 13.7. The second kappa shape index (κ2) is 6.91. The van der Waals surface area contributed by atoms with E-state index < -0.39 is 0 Å². The molecule has 1 saturated carbocycles. The molecule has 1 aliphatic carbocycles. The first-order valence-electron chi connectivity index (χ1n) is 6.44. The van der Waals surface area contributed by atoms with Crippen LogP contribution in [-0.2, 0) is 4.79 Å². The lowest BCUT2D eigenvalue weighted by Gasteiger charge is -2.32. The Kier molecular flexibility index (Phi) is 5.83. The average Bonchev–Trinajstić information content (AvgIpc) is 2.33. The van der Waals surface area contributed by atoms with Gasteiger partial charge < -0.3 is 5.73 Å². The molecule has 0 aliphatic heterocycles. The largest absolute Gasteiger partial charge is 0.333 e. The molecule has 3 atom stereocenters.